The molecule has 0 bridgehead atoms. The van der Waals surface area contributed by atoms with E-state index in [2.05, 4.69) is 20.4 Å². The maximum Gasteiger partial charge on any atom is 0.261 e. The van der Waals surface area contributed by atoms with Gasteiger partial charge in [-0.05, 0) is 13.1 Å². The molecule has 0 aromatic carbocycles. The van der Waals surface area contributed by atoms with E-state index in [1.807, 2.05) is 7.05 Å². The standard InChI is InChI=1S/C10H11FN4O/c1-12-4-3-9-14-10(16-15-9)7-2-5-13-6-8(7)11/h2,5-6,12H,3-4H2,1H3. The first kappa shape index (κ1) is 10.7. The molecule has 2 heterocycles. The van der Waals surface area contributed by atoms with Crippen molar-refractivity contribution >= 4 is 0 Å². The molecule has 0 unspecified atom stereocenters. The average molecular weight is 222 g/mol. The molecular weight excluding hydrogens is 211 g/mol. The van der Waals surface area contributed by atoms with Gasteiger partial charge in [0.25, 0.3) is 5.89 Å². The number of nitrogens with one attached hydrogen (secondary N) is 1. The topological polar surface area (TPSA) is 63.8 Å². The molecule has 16 heavy (non-hydrogen) atoms. The van der Waals surface area contributed by atoms with Crippen LogP contribution in [0.1, 0.15) is 5.82 Å². The van der Waals surface area contributed by atoms with E-state index in [0.717, 1.165) is 12.7 Å². The predicted octanol–water partition coefficient (Wildman–Crippen LogP) is 1.03. The van der Waals surface area contributed by atoms with Crippen LogP contribution in [-0.2, 0) is 6.42 Å². The first-order valence-electron chi connectivity index (χ1n) is 4.88. The molecule has 0 aliphatic heterocycles. The molecular formula is C10H11FN4O. The highest BCUT2D eigenvalue weighted by molar-refractivity contribution is 5.52. The number of aromatic nitrogens is 3. The first-order chi connectivity index (χ1) is 7.81. The summed E-state index contributed by atoms with van der Waals surface area (Å²) in [6, 6.07) is 1.50. The fourth-order valence-corrected chi connectivity index (χ4v) is 1.25. The van der Waals surface area contributed by atoms with Gasteiger partial charge in [0.15, 0.2) is 11.6 Å². The molecule has 0 aliphatic rings. The number of hydrogen-bond acceptors (Lipinski definition) is 5. The van der Waals surface area contributed by atoms with E-state index in [4.69, 9.17) is 4.52 Å². The monoisotopic (exact) mass is 222 g/mol. The van der Waals surface area contributed by atoms with Crippen molar-refractivity contribution in [3.8, 4) is 11.5 Å². The Bertz CT molecular complexity index is 471. The minimum absolute atomic E-state index is 0.186. The second-order valence-corrected chi connectivity index (χ2v) is 3.22. The maximum absolute atomic E-state index is 13.3. The van der Waals surface area contributed by atoms with Gasteiger partial charge in [0.2, 0.25) is 0 Å². The van der Waals surface area contributed by atoms with Crippen LogP contribution in [0, 0.1) is 5.82 Å². The molecule has 0 atom stereocenters. The SMILES string of the molecule is CNCCc1noc(-c2ccncc2F)n1. The summed E-state index contributed by atoms with van der Waals surface area (Å²) < 4.78 is 18.3. The lowest BCUT2D eigenvalue weighted by Crippen LogP contribution is -2.11. The van der Waals surface area contributed by atoms with Crippen LogP contribution in [-0.4, -0.2) is 28.7 Å². The van der Waals surface area contributed by atoms with E-state index in [-0.39, 0.29) is 11.5 Å². The third kappa shape index (κ3) is 2.22. The highest BCUT2D eigenvalue weighted by atomic mass is 19.1. The van der Waals surface area contributed by atoms with Crippen LogP contribution in [0.15, 0.2) is 23.0 Å². The van der Waals surface area contributed by atoms with Crippen molar-refractivity contribution < 1.29 is 8.91 Å². The van der Waals surface area contributed by atoms with Gasteiger partial charge in [0.1, 0.15) is 0 Å². The van der Waals surface area contributed by atoms with Crippen molar-refractivity contribution in [2.45, 2.75) is 6.42 Å². The summed E-state index contributed by atoms with van der Waals surface area (Å²) in [4.78, 5) is 7.75. The molecule has 2 aromatic heterocycles. The van der Waals surface area contributed by atoms with Gasteiger partial charge in [-0.1, -0.05) is 5.16 Å². The van der Waals surface area contributed by atoms with Crippen LogP contribution < -0.4 is 5.32 Å². The fourth-order valence-electron chi connectivity index (χ4n) is 1.25. The second kappa shape index (κ2) is 4.80. The Hall–Kier alpha value is -1.82. The Balaban J connectivity index is 2.22. The summed E-state index contributed by atoms with van der Waals surface area (Å²) in [6.07, 6.45) is 3.25. The zero-order chi connectivity index (χ0) is 11.4. The molecule has 2 rings (SSSR count). The summed E-state index contributed by atoms with van der Waals surface area (Å²) in [7, 11) is 1.84. The smallest absolute Gasteiger partial charge is 0.261 e. The number of nitrogens with zero attached hydrogens (tertiary/aromatic N) is 3. The summed E-state index contributed by atoms with van der Waals surface area (Å²) in [6.45, 7) is 0.748. The number of hydrogen-bond donors (Lipinski definition) is 1. The minimum atomic E-state index is -0.466. The lowest BCUT2D eigenvalue weighted by molar-refractivity contribution is 0.419. The van der Waals surface area contributed by atoms with Gasteiger partial charge in [0.05, 0.1) is 11.8 Å². The van der Waals surface area contributed by atoms with Crippen molar-refractivity contribution in [2.75, 3.05) is 13.6 Å². The molecule has 1 N–H and O–H groups in total. The quantitative estimate of drug-likeness (QED) is 0.837. The summed E-state index contributed by atoms with van der Waals surface area (Å²) in [5.41, 5.74) is 0.276. The third-order valence-electron chi connectivity index (χ3n) is 2.07. The van der Waals surface area contributed by atoms with Crippen LogP contribution in [0.5, 0.6) is 0 Å². The molecule has 0 spiro atoms. The Morgan fingerprint density at radius 1 is 1.50 bits per heavy atom. The van der Waals surface area contributed by atoms with Gasteiger partial charge in [0, 0.05) is 19.2 Å². The number of pyridine rings is 1. The van der Waals surface area contributed by atoms with Gasteiger partial charge < -0.3 is 9.84 Å². The molecule has 0 fully saturated rings. The van der Waals surface area contributed by atoms with Gasteiger partial charge in [-0.15, -0.1) is 0 Å². The molecule has 6 heteroatoms. The zero-order valence-corrected chi connectivity index (χ0v) is 8.77. The van der Waals surface area contributed by atoms with Crippen LogP contribution in [0.3, 0.4) is 0 Å². The third-order valence-corrected chi connectivity index (χ3v) is 2.07. The van der Waals surface area contributed by atoms with Crippen molar-refractivity contribution in [1.29, 1.82) is 0 Å². The Morgan fingerprint density at radius 2 is 2.38 bits per heavy atom. The lowest BCUT2D eigenvalue weighted by Gasteiger charge is -1.94. The van der Waals surface area contributed by atoms with Gasteiger partial charge in [-0.2, -0.15) is 4.98 Å². The van der Waals surface area contributed by atoms with Gasteiger partial charge in [-0.25, -0.2) is 4.39 Å². The fraction of sp³-hybridized carbons (Fsp3) is 0.300. The van der Waals surface area contributed by atoms with Gasteiger partial charge in [-0.3, -0.25) is 4.98 Å². The highest BCUT2D eigenvalue weighted by Crippen LogP contribution is 2.19. The first-order valence-corrected chi connectivity index (χ1v) is 4.88. The molecule has 0 saturated heterocycles. The van der Waals surface area contributed by atoms with Crippen molar-refractivity contribution in [2.24, 2.45) is 0 Å². The van der Waals surface area contributed by atoms with E-state index >= 15 is 0 Å². The number of rotatable bonds is 4. The van der Waals surface area contributed by atoms with E-state index in [9.17, 15) is 4.39 Å². The number of likely N-dealkylation sites (N-methyl/N-ethyl adjacent to an activating group) is 1. The zero-order valence-electron chi connectivity index (χ0n) is 8.77. The van der Waals surface area contributed by atoms with Crippen LogP contribution in [0.25, 0.3) is 11.5 Å². The van der Waals surface area contributed by atoms with Gasteiger partial charge >= 0.3 is 0 Å². The van der Waals surface area contributed by atoms with E-state index in [0.29, 0.717) is 12.2 Å². The molecule has 0 radical (unpaired) electrons. The van der Waals surface area contributed by atoms with Crippen molar-refractivity contribution in [1.82, 2.24) is 20.4 Å². The summed E-state index contributed by atoms with van der Waals surface area (Å²) in [5.74, 6) is 0.276. The molecule has 5 nitrogen and oxygen atoms in total. The van der Waals surface area contributed by atoms with Crippen LogP contribution >= 0.6 is 0 Å². The second-order valence-electron chi connectivity index (χ2n) is 3.22. The van der Waals surface area contributed by atoms with E-state index < -0.39 is 5.82 Å². The summed E-state index contributed by atoms with van der Waals surface area (Å²) >= 11 is 0. The lowest BCUT2D eigenvalue weighted by atomic mass is 10.2. The van der Waals surface area contributed by atoms with E-state index in [1.54, 1.807) is 0 Å². The molecule has 2 aromatic rings. The molecule has 0 saturated carbocycles. The Labute approximate surface area is 91.7 Å². The van der Waals surface area contributed by atoms with Crippen molar-refractivity contribution in [3.05, 3.63) is 30.1 Å². The largest absolute Gasteiger partial charge is 0.334 e. The van der Waals surface area contributed by atoms with Crippen LogP contribution in [0.4, 0.5) is 4.39 Å². The average Bonchev–Trinajstić information content (AvgIpc) is 2.75. The molecule has 0 amide bonds. The Morgan fingerprint density at radius 3 is 3.12 bits per heavy atom. The Kier molecular flexibility index (Phi) is 3.21. The van der Waals surface area contributed by atoms with Crippen molar-refractivity contribution in [3.63, 3.8) is 0 Å². The van der Waals surface area contributed by atoms with Crippen LogP contribution in [0.2, 0.25) is 0 Å². The predicted molar refractivity (Wildman–Crippen MR) is 55.1 cm³/mol. The van der Waals surface area contributed by atoms with E-state index in [1.165, 1.54) is 12.3 Å². The number of halogens is 1. The molecule has 84 valence electrons. The molecule has 0 aliphatic carbocycles. The highest BCUT2D eigenvalue weighted by Gasteiger charge is 2.12. The minimum Gasteiger partial charge on any atom is -0.334 e. The maximum atomic E-state index is 13.3. The summed E-state index contributed by atoms with van der Waals surface area (Å²) in [5, 5.41) is 6.73. The normalized spacial score (nSPS) is 10.6.